The molecule has 0 aliphatic carbocycles. The Hall–Kier alpha value is -2.62. The largest absolute Gasteiger partial charge is 0.489 e. The molecule has 1 amide bonds. The van der Waals surface area contributed by atoms with Gasteiger partial charge >= 0.3 is 0 Å². The summed E-state index contributed by atoms with van der Waals surface area (Å²) in [5.74, 6) is 0.417. The number of carbonyl (C=O) groups is 1. The molecule has 22 heavy (non-hydrogen) atoms. The Labute approximate surface area is 130 Å². The number of benzene rings is 2. The summed E-state index contributed by atoms with van der Waals surface area (Å²) in [6, 6.07) is 13.4. The molecule has 2 N–H and O–H groups in total. The van der Waals surface area contributed by atoms with Crippen LogP contribution in [-0.2, 0) is 11.4 Å². The second-order valence-corrected chi connectivity index (χ2v) is 5.17. The summed E-state index contributed by atoms with van der Waals surface area (Å²) in [6.45, 7) is 4.33. The number of carbonyl (C=O) groups excluding carboxylic acids is 1. The van der Waals surface area contributed by atoms with Crippen LogP contribution in [0.3, 0.4) is 0 Å². The molecule has 4 nitrogen and oxygen atoms in total. The van der Waals surface area contributed by atoms with E-state index in [1.165, 1.54) is 7.05 Å². The lowest BCUT2D eigenvalue weighted by atomic mass is 10.0. The van der Waals surface area contributed by atoms with Gasteiger partial charge in [-0.05, 0) is 36.6 Å². The van der Waals surface area contributed by atoms with Gasteiger partial charge in [-0.2, -0.15) is 0 Å². The number of aryl methyl sites for hydroxylation is 2. The lowest BCUT2D eigenvalue weighted by Gasteiger charge is -2.13. The third-order valence-corrected chi connectivity index (χ3v) is 3.47. The van der Waals surface area contributed by atoms with Crippen LogP contribution in [0.1, 0.15) is 22.3 Å². The van der Waals surface area contributed by atoms with Crippen LogP contribution in [0.5, 0.6) is 5.75 Å². The van der Waals surface area contributed by atoms with Gasteiger partial charge < -0.3 is 10.1 Å². The van der Waals surface area contributed by atoms with Gasteiger partial charge in [0.05, 0.1) is 0 Å². The predicted octanol–water partition coefficient (Wildman–Crippen LogP) is 3.00. The van der Waals surface area contributed by atoms with E-state index in [2.05, 4.69) is 5.32 Å². The van der Waals surface area contributed by atoms with Gasteiger partial charge in [0, 0.05) is 12.6 Å². The number of rotatable bonds is 5. The van der Waals surface area contributed by atoms with Crippen LogP contribution in [-0.4, -0.2) is 18.7 Å². The van der Waals surface area contributed by atoms with Crippen molar-refractivity contribution in [2.24, 2.45) is 0 Å². The molecule has 2 aromatic carbocycles. The number of ether oxygens (including phenoxy) is 1. The highest BCUT2D eigenvalue weighted by Gasteiger charge is 2.14. The zero-order chi connectivity index (χ0) is 16.1. The zero-order valence-electron chi connectivity index (χ0n) is 13.1. The second-order valence-electron chi connectivity index (χ2n) is 5.17. The molecule has 0 radical (unpaired) electrons. The molecular formula is C18H20N2O2. The lowest BCUT2D eigenvalue weighted by molar-refractivity contribution is -0.114. The number of nitrogens with one attached hydrogen (secondary N) is 2. The normalized spacial score (nSPS) is 10.1. The van der Waals surface area contributed by atoms with Crippen molar-refractivity contribution in [1.82, 2.24) is 5.32 Å². The maximum atomic E-state index is 11.7. The van der Waals surface area contributed by atoms with E-state index >= 15 is 0 Å². The maximum Gasteiger partial charge on any atom is 0.269 e. The van der Waals surface area contributed by atoms with Crippen molar-refractivity contribution in [3.8, 4) is 5.75 Å². The SMILES string of the molecule is CNC(=O)C(=N)c1ccccc1COc1cc(C)ccc1C. The number of amides is 1. The second kappa shape index (κ2) is 6.89. The van der Waals surface area contributed by atoms with Gasteiger partial charge in [-0.15, -0.1) is 0 Å². The summed E-state index contributed by atoms with van der Waals surface area (Å²) in [4.78, 5) is 11.7. The quantitative estimate of drug-likeness (QED) is 0.833. The number of hydrogen-bond donors (Lipinski definition) is 2. The highest BCUT2D eigenvalue weighted by molar-refractivity contribution is 6.44. The molecule has 0 aromatic heterocycles. The van der Waals surface area contributed by atoms with Crippen LogP contribution in [0.25, 0.3) is 0 Å². The van der Waals surface area contributed by atoms with Crippen molar-refractivity contribution < 1.29 is 9.53 Å². The van der Waals surface area contributed by atoms with Crippen LogP contribution >= 0.6 is 0 Å². The highest BCUT2D eigenvalue weighted by Crippen LogP contribution is 2.21. The van der Waals surface area contributed by atoms with E-state index in [1.54, 1.807) is 6.07 Å². The molecule has 0 fully saturated rings. The van der Waals surface area contributed by atoms with E-state index < -0.39 is 5.91 Å². The number of hydrogen-bond acceptors (Lipinski definition) is 3. The first-order valence-corrected chi connectivity index (χ1v) is 7.12. The first-order chi connectivity index (χ1) is 10.5. The van der Waals surface area contributed by atoms with Crippen molar-refractivity contribution in [3.63, 3.8) is 0 Å². The standard InChI is InChI=1S/C18H20N2O2/c1-12-8-9-13(2)16(10-12)22-11-14-6-4-5-7-15(14)17(19)18(21)20-3/h4-10,19H,11H2,1-3H3,(H,20,21). The molecule has 0 heterocycles. The lowest BCUT2D eigenvalue weighted by Crippen LogP contribution is -2.28. The van der Waals surface area contributed by atoms with E-state index in [9.17, 15) is 4.79 Å². The first kappa shape index (κ1) is 15.8. The molecule has 0 saturated carbocycles. The Morgan fingerprint density at radius 2 is 1.91 bits per heavy atom. The Balaban J connectivity index is 2.22. The van der Waals surface area contributed by atoms with Crippen LogP contribution in [0, 0.1) is 19.3 Å². The zero-order valence-corrected chi connectivity index (χ0v) is 13.1. The number of likely N-dealkylation sites (N-methyl/N-ethyl adjacent to an activating group) is 1. The molecule has 2 rings (SSSR count). The maximum absolute atomic E-state index is 11.7. The first-order valence-electron chi connectivity index (χ1n) is 7.12. The minimum Gasteiger partial charge on any atom is -0.489 e. The van der Waals surface area contributed by atoms with Crippen molar-refractivity contribution in [2.75, 3.05) is 7.05 Å². The molecular weight excluding hydrogens is 276 g/mol. The third kappa shape index (κ3) is 3.52. The summed E-state index contributed by atoms with van der Waals surface area (Å²) in [7, 11) is 1.52. The van der Waals surface area contributed by atoms with E-state index in [1.807, 2.05) is 50.2 Å². The molecule has 0 aliphatic heterocycles. The summed E-state index contributed by atoms with van der Waals surface area (Å²) >= 11 is 0. The minimum absolute atomic E-state index is 0.0531. The fraction of sp³-hybridized carbons (Fsp3) is 0.222. The van der Waals surface area contributed by atoms with E-state index in [0.717, 1.165) is 22.4 Å². The summed E-state index contributed by atoms with van der Waals surface area (Å²) in [6.07, 6.45) is 0. The van der Waals surface area contributed by atoms with Gasteiger partial charge in [0.15, 0.2) is 0 Å². The average molecular weight is 296 g/mol. The molecule has 0 bridgehead atoms. The van der Waals surface area contributed by atoms with E-state index in [-0.39, 0.29) is 5.71 Å². The van der Waals surface area contributed by atoms with Crippen LogP contribution in [0.4, 0.5) is 0 Å². The van der Waals surface area contributed by atoms with Gasteiger partial charge in [0.2, 0.25) is 0 Å². The molecule has 4 heteroatoms. The summed E-state index contributed by atoms with van der Waals surface area (Å²) in [5, 5.41) is 10.4. The Morgan fingerprint density at radius 3 is 2.64 bits per heavy atom. The fourth-order valence-corrected chi connectivity index (χ4v) is 2.16. The molecule has 0 atom stereocenters. The average Bonchev–Trinajstić information content (AvgIpc) is 2.54. The van der Waals surface area contributed by atoms with Crippen molar-refractivity contribution in [1.29, 1.82) is 5.41 Å². The Kier molecular flexibility index (Phi) is 4.94. The van der Waals surface area contributed by atoms with Gasteiger partial charge in [0.25, 0.3) is 5.91 Å². The summed E-state index contributed by atoms with van der Waals surface area (Å²) in [5.41, 5.74) is 3.54. The van der Waals surface area contributed by atoms with Gasteiger partial charge in [-0.3, -0.25) is 10.2 Å². The molecule has 0 spiro atoms. The van der Waals surface area contributed by atoms with Crippen LogP contribution in [0.15, 0.2) is 42.5 Å². The van der Waals surface area contributed by atoms with Gasteiger partial charge in [0.1, 0.15) is 18.1 Å². The smallest absolute Gasteiger partial charge is 0.269 e. The van der Waals surface area contributed by atoms with Crippen molar-refractivity contribution in [3.05, 3.63) is 64.7 Å². The Bertz CT molecular complexity index is 708. The highest BCUT2D eigenvalue weighted by atomic mass is 16.5. The fourth-order valence-electron chi connectivity index (χ4n) is 2.16. The van der Waals surface area contributed by atoms with Crippen molar-refractivity contribution >= 4 is 11.6 Å². The topological polar surface area (TPSA) is 62.2 Å². The van der Waals surface area contributed by atoms with Crippen LogP contribution in [0.2, 0.25) is 0 Å². The monoisotopic (exact) mass is 296 g/mol. The van der Waals surface area contributed by atoms with Crippen molar-refractivity contribution in [2.45, 2.75) is 20.5 Å². The van der Waals surface area contributed by atoms with E-state index in [4.69, 9.17) is 10.1 Å². The van der Waals surface area contributed by atoms with Gasteiger partial charge in [-0.1, -0.05) is 36.4 Å². The molecule has 0 aliphatic rings. The molecule has 114 valence electrons. The van der Waals surface area contributed by atoms with E-state index in [0.29, 0.717) is 12.2 Å². The molecule has 0 unspecified atom stereocenters. The molecule has 2 aromatic rings. The van der Waals surface area contributed by atoms with Crippen LogP contribution < -0.4 is 10.1 Å². The Morgan fingerprint density at radius 1 is 1.18 bits per heavy atom. The minimum atomic E-state index is -0.404. The molecule has 0 saturated heterocycles. The van der Waals surface area contributed by atoms with Gasteiger partial charge in [-0.25, -0.2) is 0 Å². The third-order valence-electron chi connectivity index (χ3n) is 3.47. The predicted molar refractivity (Wildman–Crippen MR) is 87.6 cm³/mol. The summed E-state index contributed by atoms with van der Waals surface area (Å²) < 4.78 is 5.88.